The maximum atomic E-state index is 13.7. The molecule has 0 radical (unpaired) electrons. The first kappa shape index (κ1) is 20.4. The van der Waals surface area contributed by atoms with E-state index in [1.807, 2.05) is 6.92 Å². The normalized spacial score (nSPS) is 17.2. The number of ether oxygens (including phenoxy) is 3. The van der Waals surface area contributed by atoms with Crippen LogP contribution in [-0.4, -0.2) is 54.5 Å². The number of fused-ring (bicyclic) bond motifs is 1. The van der Waals surface area contributed by atoms with Crippen molar-refractivity contribution in [1.29, 1.82) is 0 Å². The quantitative estimate of drug-likeness (QED) is 0.624. The molecule has 1 saturated heterocycles. The molecule has 1 fully saturated rings. The summed E-state index contributed by atoms with van der Waals surface area (Å²) < 4.78 is 42.4. The summed E-state index contributed by atoms with van der Waals surface area (Å²) in [6, 6.07) is 4.79. The molecule has 162 valence electrons. The molecule has 0 spiro atoms. The molecule has 0 unspecified atom stereocenters. The second-order valence-electron chi connectivity index (χ2n) is 7.31. The first-order chi connectivity index (χ1) is 14.4. The van der Waals surface area contributed by atoms with Gasteiger partial charge in [0.05, 0.1) is 6.61 Å². The molecule has 2 aliphatic rings. The largest absolute Gasteiger partial charge is 0.586 e. The summed E-state index contributed by atoms with van der Waals surface area (Å²) in [5, 5.41) is 5.97. The first-order valence-electron chi connectivity index (χ1n) is 10.0. The van der Waals surface area contributed by atoms with Crippen molar-refractivity contribution in [2.45, 2.75) is 32.5 Å². The van der Waals surface area contributed by atoms with E-state index in [1.54, 1.807) is 19.2 Å². The predicted octanol–water partition coefficient (Wildman–Crippen LogP) is 3.76. The summed E-state index contributed by atoms with van der Waals surface area (Å²) in [4.78, 5) is 11.0. The van der Waals surface area contributed by atoms with E-state index in [9.17, 15) is 8.78 Å². The highest BCUT2D eigenvalue weighted by Crippen LogP contribution is 2.49. The van der Waals surface area contributed by atoms with Crippen LogP contribution in [0.4, 0.5) is 26.2 Å². The summed E-state index contributed by atoms with van der Waals surface area (Å²) in [5.74, 6) is 0.949. The third kappa shape index (κ3) is 4.81. The Labute approximate surface area is 173 Å². The number of likely N-dealkylation sites (tertiary alicyclic amines) is 1. The van der Waals surface area contributed by atoms with E-state index >= 15 is 0 Å². The molecule has 10 heteroatoms. The fourth-order valence-electron chi connectivity index (χ4n) is 3.56. The summed E-state index contributed by atoms with van der Waals surface area (Å²) >= 11 is 0. The smallest absolute Gasteiger partial charge is 0.489 e. The van der Waals surface area contributed by atoms with Crippen LogP contribution in [0.25, 0.3) is 0 Å². The van der Waals surface area contributed by atoms with Gasteiger partial charge in [-0.25, -0.2) is 4.98 Å². The van der Waals surface area contributed by atoms with E-state index < -0.39 is 6.29 Å². The van der Waals surface area contributed by atoms with Crippen molar-refractivity contribution in [3.8, 4) is 17.2 Å². The highest BCUT2D eigenvalue weighted by Gasteiger charge is 2.45. The molecule has 4 rings (SSSR count). The van der Waals surface area contributed by atoms with Gasteiger partial charge >= 0.3 is 6.29 Å². The average Bonchev–Trinajstić information content (AvgIpc) is 3.30. The number of rotatable bonds is 8. The van der Waals surface area contributed by atoms with Crippen molar-refractivity contribution in [3.05, 3.63) is 23.9 Å². The van der Waals surface area contributed by atoms with Gasteiger partial charge in [-0.3, -0.25) is 0 Å². The highest BCUT2D eigenvalue weighted by molar-refractivity contribution is 5.67. The fraction of sp³-hybridized carbons (Fsp3) is 0.500. The Kier molecular flexibility index (Phi) is 5.76. The number of nitrogens with one attached hydrogen (secondary N) is 2. The third-order valence-electron chi connectivity index (χ3n) is 4.91. The van der Waals surface area contributed by atoms with E-state index in [4.69, 9.17) is 4.74 Å². The van der Waals surface area contributed by atoms with Crippen LogP contribution in [0, 0.1) is 6.92 Å². The first-order valence-corrected chi connectivity index (χ1v) is 10.0. The van der Waals surface area contributed by atoms with E-state index in [0.717, 1.165) is 31.7 Å². The van der Waals surface area contributed by atoms with Crippen LogP contribution in [-0.2, 0) is 0 Å². The number of anilines is 3. The van der Waals surface area contributed by atoms with Gasteiger partial charge < -0.3 is 29.7 Å². The zero-order valence-electron chi connectivity index (χ0n) is 17.0. The van der Waals surface area contributed by atoms with E-state index in [-0.39, 0.29) is 17.2 Å². The lowest BCUT2D eigenvalue weighted by atomic mass is 10.2. The van der Waals surface area contributed by atoms with Gasteiger partial charge in [0.15, 0.2) is 11.5 Å². The summed E-state index contributed by atoms with van der Waals surface area (Å²) in [7, 11) is 1.75. The lowest BCUT2D eigenvalue weighted by Gasteiger charge is -2.15. The van der Waals surface area contributed by atoms with Crippen LogP contribution in [0.15, 0.2) is 18.2 Å². The lowest BCUT2D eigenvalue weighted by molar-refractivity contribution is -0.287. The van der Waals surface area contributed by atoms with Crippen molar-refractivity contribution in [3.63, 3.8) is 0 Å². The molecule has 8 nitrogen and oxygen atoms in total. The molecule has 0 aliphatic carbocycles. The molecular formula is C20H25F2N5O3. The van der Waals surface area contributed by atoms with Gasteiger partial charge in [0, 0.05) is 43.2 Å². The minimum atomic E-state index is -3.73. The minimum absolute atomic E-state index is 0.0963. The topological polar surface area (TPSA) is 80.8 Å². The lowest BCUT2D eigenvalue weighted by Crippen LogP contribution is -2.26. The number of aromatic nitrogens is 2. The van der Waals surface area contributed by atoms with Crippen molar-refractivity contribution in [1.82, 2.24) is 14.9 Å². The Hall–Kier alpha value is -2.88. The summed E-state index contributed by atoms with van der Waals surface area (Å²) in [5.41, 5.74) is 1.21. The third-order valence-corrected chi connectivity index (χ3v) is 4.91. The number of hydrogen-bond donors (Lipinski definition) is 2. The number of nitrogens with zero attached hydrogens (tertiary/aromatic N) is 3. The Morgan fingerprint density at radius 1 is 1.17 bits per heavy atom. The standard InChI is InChI=1S/C20H25F2N5O3/c1-13-10-17(23-2)26-19(24-13)25-14-11-15(18-16(12-14)29-20(21,22)30-18)28-9-5-8-27-6-3-4-7-27/h10-12H,3-9H2,1-2H3,(H2,23,24,25,26). The second-order valence-corrected chi connectivity index (χ2v) is 7.31. The number of halogens is 2. The number of hydrogen-bond acceptors (Lipinski definition) is 8. The van der Waals surface area contributed by atoms with Gasteiger partial charge in [-0.05, 0) is 39.3 Å². The van der Waals surface area contributed by atoms with E-state index in [2.05, 4.69) is 35.0 Å². The monoisotopic (exact) mass is 421 g/mol. The SMILES string of the molecule is CNc1cc(C)nc(Nc2cc(OCCCN3CCCC3)c3c(c2)OC(F)(F)O3)n1. The van der Waals surface area contributed by atoms with Gasteiger partial charge in [-0.1, -0.05) is 0 Å². The highest BCUT2D eigenvalue weighted by atomic mass is 19.3. The van der Waals surface area contributed by atoms with Crippen LogP contribution >= 0.6 is 0 Å². The Balaban J connectivity index is 1.50. The number of alkyl halides is 2. The molecule has 30 heavy (non-hydrogen) atoms. The van der Waals surface area contributed by atoms with Gasteiger partial charge in [0.2, 0.25) is 11.7 Å². The molecule has 0 atom stereocenters. The summed E-state index contributed by atoms with van der Waals surface area (Å²) in [6.45, 7) is 5.33. The molecule has 2 aromatic rings. The molecular weight excluding hydrogens is 396 g/mol. The molecule has 0 saturated carbocycles. The van der Waals surface area contributed by atoms with Gasteiger partial charge in [0.1, 0.15) is 5.82 Å². The fourth-order valence-corrected chi connectivity index (χ4v) is 3.56. The van der Waals surface area contributed by atoms with Crippen LogP contribution in [0.1, 0.15) is 25.0 Å². The average molecular weight is 421 g/mol. The van der Waals surface area contributed by atoms with E-state index in [0.29, 0.717) is 24.1 Å². The number of benzene rings is 1. The van der Waals surface area contributed by atoms with Crippen molar-refractivity contribution < 1.29 is 23.0 Å². The second kappa shape index (κ2) is 8.47. The molecule has 2 aliphatic heterocycles. The van der Waals surface area contributed by atoms with Gasteiger partial charge in [-0.2, -0.15) is 4.98 Å². The molecule has 0 bridgehead atoms. The van der Waals surface area contributed by atoms with Crippen LogP contribution in [0.2, 0.25) is 0 Å². The predicted molar refractivity (Wildman–Crippen MR) is 108 cm³/mol. The summed E-state index contributed by atoms with van der Waals surface area (Å²) in [6.07, 6.45) is -0.499. The van der Waals surface area contributed by atoms with Crippen molar-refractivity contribution in [2.75, 3.05) is 43.9 Å². The maximum Gasteiger partial charge on any atom is 0.586 e. The molecule has 3 heterocycles. The van der Waals surface area contributed by atoms with Gasteiger partial charge in [0.25, 0.3) is 0 Å². The van der Waals surface area contributed by atoms with Gasteiger partial charge in [-0.15, -0.1) is 8.78 Å². The molecule has 0 amide bonds. The maximum absolute atomic E-state index is 13.7. The molecule has 2 N–H and O–H groups in total. The van der Waals surface area contributed by atoms with Crippen LogP contribution in [0.5, 0.6) is 17.2 Å². The Morgan fingerprint density at radius 3 is 2.73 bits per heavy atom. The molecule has 1 aromatic carbocycles. The molecule has 1 aromatic heterocycles. The Morgan fingerprint density at radius 2 is 1.97 bits per heavy atom. The zero-order chi connectivity index (χ0) is 21.1. The van der Waals surface area contributed by atoms with Crippen LogP contribution < -0.4 is 24.8 Å². The zero-order valence-corrected chi connectivity index (χ0v) is 17.0. The van der Waals surface area contributed by atoms with Crippen molar-refractivity contribution in [2.24, 2.45) is 0 Å². The van der Waals surface area contributed by atoms with Crippen molar-refractivity contribution >= 4 is 17.5 Å². The number of aryl methyl sites for hydroxylation is 1. The Bertz CT molecular complexity index is 906. The van der Waals surface area contributed by atoms with E-state index in [1.165, 1.54) is 18.9 Å². The van der Waals surface area contributed by atoms with Crippen LogP contribution in [0.3, 0.4) is 0 Å². The minimum Gasteiger partial charge on any atom is -0.489 e.